The van der Waals surface area contributed by atoms with Crippen LogP contribution < -0.4 is 0 Å². The average Bonchev–Trinajstić information content (AvgIpc) is 2.51. The molecule has 0 aromatic heterocycles. The third-order valence-electron chi connectivity index (χ3n) is 2.60. The van der Waals surface area contributed by atoms with E-state index in [0.29, 0.717) is 5.92 Å². The van der Waals surface area contributed by atoms with Gasteiger partial charge in [-0.15, -0.1) is 0 Å². The Labute approximate surface area is 95.0 Å². The molecule has 0 radical (unpaired) electrons. The molecule has 0 saturated heterocycles. The summed E-state index contributed by atoms with van der Waals surface area (Å²) in [6, 6.07) is 0. The largest absolute Gasteiger partial charge is 0.263 e. The van der Waals surface area contributed by atoms with Crippen molar-refractivity contribution in [2.24, 2.45) is 10.9 Å². The number of nitrogens with zero attached hydrogens (tertiary/aromatic N) is 1. The van der Waals surface area contributed by atoms with Crippen LogP contribution in [0, 0.1) is 5.92 Å². The van der Waals surface area contributed by atoms with Crippen LogP contribution in [-0.2, 0) is 0 Å². The van der Waals surface area contributed by atoms with Gasteiger partial charge < -0.3 is 0 Å². The fourth-order valence-corrected chi connectivity index (χ4v) is 1.93. The van der Waals surface area contributed by atoms with Gasteiger partial charge in [0.15, 0.2) is 0 Å². The second kappa shape index (κ2) is 6.60. The maximum atomic E-state index is 4.55. The van der Waals surface area contributed by atoms with Gasteiger partial charge in [0.25, 0.3) is 0 Å². The lowest BCUT2D eigenvalue weighted by molar-refractivity contribution is 0.699. The summed E-state index contributed by atoms with van der Waals surface area (Å²) in [4.78, 5) is 4.55. The van der Waals surface area contributed by atoms with E-state index in [1.165, 1.54) is 23.3 Å². The molecule has 0 heterocycles. The standard InChI is InChI=1S/C12H19N.C2H6/c1-8(2)11-6-7-12(10(11)5)13-9(3)4;1-2/h11H,1,6-7H2,2-5H3;1-2H3. The topological polar surface area (TPSA) is 12.4 Å². The molecular weight excluding hydrogens is 182 g/mol. The Hall–Kier alpha value is -0.850. The van der Waals surface area contributed by atoms with E-state index in [4.69, 9.17) is 0 Å². The molecular formula is C14H25N. The van der Waals surface area contributed by atoms with Crippen LogP contribution >= 0.6 is 0 Å². The van der Waals surface area contributed by atoms with Crippen LogP contribution in [0.15, 0.2) is 28.4 Å². The molecule has 0 fully saturated rings. The molecule has 0 bridgehead atoms. The van der Waals surface area contributed by atoms with Crippen LogP contribution in [0.5, 0.6) is 0 Å². The van der Waals surface area contributed by atoms with E-state index in [-0.39, 0.29) is 0 Å². The van der Waals surface area contributed by atoms with Gasteiger partial charge in [-0.2, -0.15) is 0 Å². The molecule has 0 aromatic rings. The maximum absolute atomic E-state index is 4.55. The first-order valence-corrected chi connectivity index (χ1v) is 5.89. The highest BCUT2D eigenvalue weighted by atomic mass is 14.8. The lowest BCUT2D eigenvalue weighted by Gasteiger charge is -2.09. The van der Waals surface area contributed by atoms with Crippen LogP contribution in [0.4, 0.5) is 0 Å². The van der Waals surface area contributed by atoms with Crippen molar-refractivity contribution in [3.8, 4) is 0 Å². The van der Waals surface area contributed by atoms with Crippen molar-refractivity contribution < 1.29 is 0 Å². The first-order valence-electron chi connectivity index (χ1n) is 5.89. The molecule has 1 nitrogen and oxygen atoms in total. The molecule has 0 N–H and O–H groups in total. The lowest BCUT2D eigenvalue weighted by Crippen LogP contribution is -1.96. The normalized spacial score (nSPS) is 19.5. The first-order chi connectivity index (χ1) is 7.02. The SMILES string of the molecule is C=C(C)C1CCC(N=C(C)C)=C1C.CC. The van der Waals surface area contributed by atoms with Crippen molar-refractivity contribution in [3.05, 3.63) is 23.4 Å². The van der Waals surface area contributed by atoms with Crippen LogP contribution in [0.1, 0.15) is 54.4 Å². The maximum Gasteiger partial charge on any atom is 0.0398 e. The summed E-state index contributed by atoms with van der Waals surface area (Å²) >= 11 is 0. The van der Waals surface area contributed by atoms with E-state index < -0.39 is 0 Å². The van der Waals surface area contributed by atoms with Gasteiger partial charge in [0.05, 0.1) is 0 Å². The fraction of sp³-hybridized carbons (Fsp3) is 0.643. The summed E-state index contributed by atoms with van der Waals surface area (Å²) in [6.45, 7) is 16.4. The van der Waals surface area contributed by atoms with Crippen molar-refractivity contribution in [2.75, 3.05) is 0 Å². The monoisotopic (exact) mass is 207 g/mol. The lowest BCUT2D eigenvalue weighted by atomic mass is 9.96. The minimum Gasteiger partial charge on any atom is -0.263 e. The summed E-state index contributed by atoms with van der Waals surface area (Å²) in [5.41, 5.74) is 5.13. The number of allylic oxidation sites excluding steroid dienone is 3. The van der Waals surface area contributed by atoms with E-state index in [2.05, 4.69) is 25.4 Å². The van der Waals surface area contributed by atoms with Crippen molar-refractivity contribution in [2.45, 2.75) is 54.4 Å². The van der Waals surface area contributed by atoms with E-state index in [9.17, 15) is 0 Å². The van der Waals surface area contributed by atoms with Gasteiger partial charge >= 0.3 is 0 Å². The zero-order chi connectivity index (χ0) is 12.0. The van der Waals surface area contributed by atoms with Gasteiger partial charge in [0.2, 0.25) is 0 Å². The number of rotatable bonds is 2. The predicted octanol–water partition coefficient (Wildman–Crippen LogP) is 4.75. The molecule has 0 spiro atoms. The van der Waals surface area contributed by atoms with Gasteiger partial charge in [0.1, 0.15) is 0 Å². The average molecular weight is 207 g/mol. The van der Waals surface area contributed by atoms with E-state index in [1.807, 2.05) is 27.7 Å². The molecule has 86 valence electrons. The molecule has 1 rings (SSSR count). The Morgan fingerprint density at radius 3 is 2.13 bits per heavy atom. The minimum absolute atomic E-state index is 0.582. The highest BCUT2D eigenvalue weighted by molar-refractivity contribution is 5.80. The highest BCUT2D eigenvalue weighted by Crippen LogP contribution is 2.36. The smallest absolute Gasteiger partial charge is 0.0398 e. The summed E-state index contributed by atoms with van der Waals surface area (Å²) in [5.74, 6) is 0.582. The highest BCUT2D eigenvalue weighted by Gasteiger charge is 2.22. The molecule has 1 atom stereocenters. The number of hydrogen-bond donors (Lipinski definition) is 0. The summed E-state index contributed by atoms with van der Waals surface area (Å²) in [5, 5.41) is 0. The Balaban J connectivity index is 0.000000921. The van der Waals surface area contributed by atoms with Crippen LogP contribution in [0.2, 0.25) is 0 Å². The van der Waals surface area contributed by atoms with Crippen LogP contribution in [0.3, 0.4) is 0 Å². The van der Waals surface area contributed by atoms with Crippen LogP contribution in [-0.4, -0.2) is 5.71 Å². The zero-order valence-electron chi connectivity index (χ0n) is 11.1. The quantitative estimate of drug-likeness (QED) is 0.457. The Bertz CT molecular complexity index is 278. The van der Waals surface area contributed by atoms with E-state index in [1.54, 1.807) is 0 Å². The molecule has 0 aromatic carbocycles. The first kappa shape index (κ1) is 14.2. The Morgan fingerprint density at radius 2 is 1.80 bits per heavy atom. The van der Waals surface area contributed by atoms with Crippen molar-refractivity contribution in [3.63, 3.8) is 0 Å². The van der Waals surface area contributed by atoms with Gasteiger partial charge in [0, 0.05) is 17.3 Å². The van der Waals surface area contributed by atoms with E-state index >= 15 is 0 Å². The zero-order valence-corrected chi connectivity index (χ0v) is 11.1. The molecule has 1 unspecified atom stereocenters. The molecule has 0 saturated carbocycles. The Kier molecular flexibility index (Phi) is 6.23. The predicted molar refractivity (Wildman–Crippen MR) is 70.4 cm³/mol. The van der Waals surface area contributed by atoms with Gasteiger partial charge in [-0.05, 0) is 46.1 Å². The third kappa shape index (κ3) is 4.03. The number of hydrogen-bond acceptors (Lipinski definition) is 1. The van der Waals surface area contributed by atoms with Crippen molar-refractivity contribution in [1.29, 1.82) is 0 Å². The molecule has 1 aliphatic carbocycles. The van der Waals surface area contributed by atoms with Gasteiger partial charge in [-0.25, -0.2) is 0 Å². The summed E-state index contributed by atoms with van der Waals surface area (Å²) in [6.07, 6.45) is 2.32. The molecule has 0 amide bonds. The van der Waals surface area contributed by atoms with Gasteiger partial charge in [-0.1, -0.05) is 26.0 Å². The molecule has 15 heavy (non-hydrogen) atoms. The van der Waals surface area contributed by atoms with Crippen molar-refractivity contribution in [1.82, 2.24) is 0 Å². The molecule has 0 aliphatic heterocycles. The third-order valence-corrected chi connectivity index (χ3v) is 2.60. The van der Waals surface area contributed by atoms with E-state index in [0.717, 1.165) is 12.1 Å². The second-order valence-corrected chi connectivity index (χ2v) is 4.13. The van der Waals surface area contributed by atoms with Crippen LogP contribution in [0.25, 0.3) is 0 Å². The molecule has 1 heteroatoms. The molecule has 1 aliphatic rings. The Morgan fingerprint density at radius 1 is 1.27 bits per heavy atom. The summed E-state index contributed by atoms with van der Waals surface area (Å²) in [7, 11) is 0. The van der Waals surface area contributed by atoms with Gasteiger partial charge in [-0.3, -0.25) is 4.99 Å². The number of aliphatic imine (C=N–C) groups is 1. The fourth-order valence-electron chi connectivity index (χ4n) is 1.93. The van der Waals surface area contributed by atoms with Crippen molar-refractivity contribution >= 4 is 5.71 Å². The minimum atomic E-state index is 0.582. The second-order valence-electron chi connectivity index (χ2n) is 4.13. The summed E-state index contributed by atoms with van der Waals surface area (Å²) < 4.78 is 0.